The Morgan fingerprint density at radius 2 is 2.40 bits per heavy atom. The number of allylic oxidation sites excluding steroid dienone is 1. The van der Waals surface area contributed by atoms with Crippen molar-refractivity contribution in [2.45, 2.75) is 26.3 Å². The minimum atomic E-state index is 0.234. The van der Waals surface area contributed by atoms with Crippen LogP contribution in [0.3, 0.4) is 0 Å². The third kappa shape index (κ3) is 1.59. The molecule has 0 radical (unpaired) electrons. The third-order valence-electron chi connectivity index (χ3n) is 1.81. The second-order valence-corrected chi connectivity index (χ2v) is 3.02. The van der Waals surface area contributed by atoms with Gasteiger partial charge in [0, 0.05) is 18.7 Å². The number of carbonyl (C=O) groups is 1. The van der Waals surface area contributed by atoms with E-state index in [2.05, 4.69) is 19.2 Å². The van der Waals surface area contributed by atoms with Crippen molar-refractivity contribution in [3.05, 3.63) is 12.3 Å². The Kier molecular flexibility index (Phi) is 2.10. The van der Waals surface area contributed by atoms with Gasteiger partial charge in [-0.15, -0.1) is 0 Å². The molecule has 1 aliphatic rings. The summed E-state index contributed by atoms with van der Waals surface area (Å²) in [6, 6.07) is 0.345. The lowest BCUT2D eigenvalue weighted by atomic mass is 9.97. The van der Waals surface area contributed by atoms with Crippen molar-refractivity contribution in [1.29, 1.82) is 0 Å². The summed E-state index contributed by atoms with van der Waals surface area (Å²) in [4.78, 5) is 10.9. The minimum Gasteiger partial charge on any atom is -0.387 e. The fraction of sp³-hybridized carbons (Fsp3) is 0.625. The van der Waals surface area contributed by atoms with Crippen LogP contribution in [0, 0.1) is 5.92 Å². The summed E-state index contributed by atoms with van der Waals surface area (Å²) in [5.74, 6) is 0.770. The maximum absolute atomic E-state index is 10.9. The van der Waals surface area contributed by atoms with Crippen LogP contribution in [0.2, 0.25) is 0 Å². The van der Waals surface area contributed by atoms with Crippen LogP contribution in [0.25, 0.3) is 0 Å². The first-order chi connectivity index (χ1) is 4.70. The highest BCUT2D eigenvalue weighted by Gasteiger charge is 2.17. The molecule has 0 fully saturated rings. The second kappa shape index (κ2) is 2.86. The van der Waals surface area contributed by atoms with Crippen molar-refractivity contribution < 1.29 is 4.79 Å². The summed E-state index contributed by atoms with van der Waals surface area (Å²) >= 11 is 0. The van der Waals surface area contributed by atoms with Gasteiger partial charge in [0.05, 0.1) is 0 Å². The first-order valence-corrected chi connectivity index (χ1v) is 3.65. The maximum atomic E-state index is 10.9. The van der Waals surface area contributed by atoms with E-state index >= 15 is 0 Å². The van der Waals surface area contributed by atoms with Gasteiger partial charge in [0.1, 0.15) is 0 Å². The van der Waals surface area contributed by atoms with Gasteiger partial charge in [0.2, 0.25) is 0 Å². The zero-order chi connectivity index (χ0) is 7.56. The molecule has 0 aromatic rings. The summed E-state index contributed by atoms with van der Waals surface area (Å²) in [6.45, 7) is 4.23. The first kappa shape index (κ1) is 7.32. The van der Waals surface area contributed by atoms with E-state index in [1.54, 1.807) is 12.3 Å². The van der Waals surface area contributed by atoms with Gasteiger partial charge in [-0.25, -0.2) is 0 Å². The maximum Gasteiger partial charge on any atom is 0.159 e. The van der Waals surface area contributed by atoms with Gasteiger partial charge >= 0.3 is 0 Å². The quantitative estimate of drug-likeness (QED) is 0.589. The van der Waals surface area contributed by atoms with Crippen LogP contribution < -0.4 is 5.32 Å². The summed E-state index contributed by atoms with van der Waals surface area (Å²) in [7, 11) is 0. The van der Waals surface area contributed by atoms with E-state index in [-0.39, 0.29) is 5.78 Å². The molecule has 1 N–H and O–H groups in total. The predicted octanol–water partition coefficient (Wildman–Crippen LogP) is 1.09. The molecule has 0 unspecified atom stereocenters. The highest BCUT2D eigenvalue weighted by atomic mass is 16.1. The monoisotopic (exact) mass is 139 g/mol. The molecule has 1 rings (SSSR count). The standard InChI is InChI=1S/C8H13NO/c1-6(2)8-5-7(10)3-4-9-8/h3-4,6,8-9H,5H2,1-2H3/t8-/m0/s1. The lowest BCUT2D eigenvalue weighted by molar-refractivity contribution is -0.115. The SMILES string of the molecule is CC(C)[C@@H]1CC(=O)C=CN1. The third-order valence-corrected chi connectivity index (χ3v) is 1.81. The van der Waals surface area contributed by atoms with Crippen LogP contribution in [0.5, 0.6) is 0 Å². The van der Waals surface area contributed by atoms with Crippen LogP contribution in [0.1, 0.15) is 20.3 Å². The van der Waals surface area contributed by atoms with Crippen molar-refractivity contribution in [3.8, 4) is 0 Å². The fourth-order valence-corrected chi connectivity index (χ4v) is 1.04. The lowest BCUT2D eigenvalue weighted by Crippen LogP contribution is -2.34. The van der Waals surface area contributed by atoms with E-state index in [9.17, 15) is 4.79 Å². The van der Waals surface area contributed by atoms with Crippen LogP contribution >= 0.6 is 0 Å². The molecule has 1 aliphatic heterocycles. The molecule has 1 atom stereocenters. The molecule has 10 heavy (non-hydrogen) atoms. The van der Waals surface area contributed by atoms with Gasteiger partial charge in [-0.1, -0.05) is 13.8 Å². The molecule has 0 bridgehead atoms. The minimum absolute atomic E-state index is 0.234. The van der Waals surface area contributed by atoms with Crippen LogP contribution in [0.15, 0.2) is 12.3 Å². The van der Waals surface area contributed by atoms with Crippen molar-refractivity contribution in [1.82, 2.24) is 5.32 Å². The van der Waals surface area contributed by atoms with E-state index in [0.717, 1.165) is 0 Å². The molecule has 0 saturated carbocycles. The van der Waals surface area contributed by atoms with E-state index in [4.69, 9.17) is 0 Å². The highest BCUT2D eigenvalue weighted by molar-refractivity contribution is 5.90. The summed E-state index contributed by atoms with van der Waals surface area (Å²) in [5, 5.41) is 3.15. The van der Waals surface area contributed by atoms with Gasteiger partial charge in [0.25, 0.3) is 0 Å². The Hall–Kier alpha value is -0.790. The van der Waals surface area contributed by atoms with Gasteiger partial charge in [0.15, 0.2) is 5.78 Å². The van der Waals surface area contributed by atoms with E-state index in [1.165, 1.54) is 0 Å². The molecule has 56 valence electrons. The molecule has 1 heterocycles. The molecule has 0 saturated heterocycles. The molecular weight excluding hydrogens is 126 g/mol. The normalized spacial score (nSPS) is 25.1. The molecule has 2 nitrogen and oxygen atoms in total. The molecular formula is C8H13NO. The lowest BCUT2D eigenvalue weighted by Gasteiger charge is -2.22. The highest BCUT2D eigenvalue weighted by Crippen LogP contribution is 2.09. The molecule has 0 aromatic heterocycles. The topological polar surface area (TPSA) is 29.1 Å². The number of carbonyl (C=O) groups excluding carboxylic acids is 1. The zero-order valence-corrected chi connectivity index (χ0v) is 6.42. The second-order valence-electron chi connectivity index (χ2n) is 3.02. The largest absolute Gasteiger partial charge is 0.387 e. The Balaban J connectivity index is 2.52. The van der Waals surface area contributed by atoms with Crippen molar-refractivity contribution in [2.24, 2.45) is 5.92 Å². The molecule has 0 aliphatic carbocycles. The molecule has 0 aromatic carbocycles. The Morgan fingerprint density at radius 3 is 2.80 bits per heavy atom. The Labute approximate surface area is 61.3 Å². The van der Waals surface area contributed by atoms with Crippen LogP contribution in [-0.4, -0.2) is 11.8 Å². The number of rotatable bonds is 1. The van der Waals surface area contributed by atoms with Crippen LogP contribution in [0.4, 0.5) is 0 Å². The van der Waals surface area contributed by atoms with Crippen LogP contribution in [-0.2, 0) is 4.79 Å². The molecule has 0 spiro atoms. The summed E-state index contributed by atoms with van der Waals surface area (Å²) in [5.41, 5.74) is 0. The Morgan fingerprint density at radius 1 is 1.70 bits per heavy atom. The summed E-state index contributed by atoms with van der Waals surface area (Å²) in [6.07, 6.45) is 3.99. The molecule has 2 heteroatoms. The van der Waals surface area contributed by atoms with Gasteiger partial charge in [-0.3, -0.25) is 4.79 Å². The van der Waals surface area contributed by atoms with Crippen molar-refractivity contribution in [3.63, 3.8) is 0 Å². The average molecular weight is 139 g/mol. The van der Waals surface area contributed by atoms with E-state index < -0.39 is 0 Å². The van der Waals surface area contributed by atoms with E-state index in [0.29, 0.717) is 18.4 Å². The fourth-order valence-electron chi connectivity index (χ4n) is 1.04. The average Bonchev–Trinajstić information content (AvgIpc) is 1.88. The predicted molar refractivity (Wildman–Crippen MR) is 40.5 cm³/mol. The Bertz CT molecular complexity index is 161. The number of hydrogen-bond acceptors (Lipinski definition) is 2. The molecule has 0 amide bonds. The van der Waals surface area contributed by atoms with Gasteiger partial charge in [-0.05, 0) is 12.0 Å². The number of hydrogen-bond donors (Lipinski definition) is 1. The number of ketones is 1. The van der Waals surface area contributed by atoms with Crippen molar-refractivity contribution in [2.75, 3.05) is 0 Å². The smallest absolute Gasteiger partial charge is 0.159 e. The van der Waals surface area contributed by atoms with Crippen molar-refractivity contribution >= 4 is 5.78 Å². The van der Waals surface area contributed by atoms with E-state index in [1.807, 2.05) is 0 Å². The van der Waals surface area contributed by atoms with Gasteiger partial charge < -0.3 is 5.32 Å². The number of nitrogens with one attached hydrogen (secondary N) is 1. The first-order valence-electron chi connectivity index (χ1n) is 3.65. The summed E-state index contributed by atoms with van der Waals surface area (Å²) < 4.78 is 0. The zero-order valence-electron chi connectivity index (χ0n) is 6.42. The van der Waals surface area contributed by atoms with Gasteiger partial charge in [-0.2, -0.15) is 0 Å².